The third-order valence-electron chi connectivity index (χ3n) is 5.60. The first kappa shape index (κ1) is 24.7. The highest BCUT2D eigenvalue weighted by molar-refractivity contribution is 5.89. The summed E-state index contributed by atoms with van der Waals surface area (Å²) in [5.74, 6) is 0.954. The summed E-state index contributed by atoms with van der Waals surface area (Å²) in [4.78, 5) is 14.5. The molecule has 1 saturated heterocycles. The molecule has 1 fully saturated rings. The van der Waals surface area contributed by atoms with E-state index in [1.54, 1.807) is 24.9 Å². The molecule has 1 aliphatic rings. The molecule has 3 aromatic rings. The van der Waals surface area contributed by atoms with Crippen LogP contribution in [0.3, 0.4) is 0 Å². The number of nitrogens with zero attached hydrogens (tertiary/aromatic N) is 3. The molecule has 0 N–H and O–H groups in total. The molecular weight excluding hydrogens is 450 g/mol. The van der Waals surface area contributed by atoms with Crippen molar-refractivity contribution >= 4 is 5.97 Å². The minimum Gasteiger partial charge on any atom is -0.490 e. The second-order valence-corrected chi connectivity index (χ2v) is 7.93. The van der Waals surface area contributed by atoms with Crippen molar-refractivity contribution < 1.29 is 28.5 Å². The van der Waals surface area contributed by atoms with Crippen molar-refractivity contribution in [3.8, 4) is 28.3 Å². The monoisotopic (exact) mass is 481 g/mol. The van der Waals surface area contributed by atoms with Gasteiger partial charge in [-0.3, -0.25) is 4.90 Å². The van der Waals surface area contributed by atoms with E-state index in [4.69, 9.17) is 23.7 Å². The maximum Gasteiger partial charge on any atom is 0.341 e. The summed E-state index contributed by atoms with van der Waals surface area (Å²) in [6.07, 6.45) is 3.15. The number of hydrogen-bond acceptors (Lipinski definition) is 8. The first-order valence-corrected chi connectivity index (χ1v) is 11.7. The number of para-hydroxylation sites is 1. The van der Waals surface area contributed by atoms with Crippen molar-refractivity contribution in [3.05, 3.63) is 60.4 Å². The Morgan fingerprint density at radius 2 is 1.91 bits per heavy atom. The van der Waals surface area contributed by atoms with Gasteiger partial charge in [0.1, 0.15) is 23.8 Å². The lowest BCUT2D eigenvalue weighted by Gasteiger charge is -2.26. The SMILES string of the molecule is CCOC(=O)c1cnn(-c2ccc(-c3ccccc3OCOC)cc2OCCN2CCOCC2)c1. The van der Waals surface area contributed by atoms with Crippen molar-refractivity contribution in [1.82, 2.24) is 14.7 Å². The summed E-state index contributed by atoms with van der Waals surface area (Å²) >= 11 is 0. The molecule has 9 nitrogen and oxygen atoms in total. The van der Waals surface area contributed by atoms with E-state index >= 15 is 0 Å². The summed E-state index contributed by atoms with van der Waals surface area (Å²) in [7, 11) is 1.59. The Bertz CT molecular complexity index is 1110. The molecular formula is C26H31N3O6. The van der Waals surface area contributed by atoms with Crippen LogP contribution >= 0.6 is 0 Å². The smallest absolute Gasteiger partial charge is 0.341 e. The number of hydrogen-bond donors (Lipinski definition) is 0. The highest BCUT2D eigenvalue weighted by Gasteiger charge is 2.16. The van der Waals surface area contributed by atoms with Gasteiger partial charge in [0.15, 0.2) is 6.79 Å². The molecule has 2 aromatic carbocycles. The first-order chi connectivity index (χ1) is 17.2. The Morgan fingerprint density at radius 1 is 1.09 bits per heavy atom. The maximum absolute atomic E-state index is 12.1. The molecule has 0 atom stereocenters. The van der Waals surface area contributed by atoms with E-state index in [0.29, 0.717) is 30.3 Å². The number of carbonyl (C=O) groups is 1. The average molecular weight is 482 g/mol. The van der Waals surface area contributed by atoms with Crippen molar-refractivity contribution in [2.45, 2.75) is 6.92 Å². The van der Waals surface area contributed by atoms with E-state index in [1.165, 1.54) is 6.20 Å². The van der Waals surface area contributed by atoms with E-state index < -0.39 is 5.97 Å². The molecule has 0 bridgehead atoms. The summed E-state index contributed by atoms with van der Waals surface area (Å²) in [6, 6.07) is 13.6. The van der Waals surface area contributed by atoms with Gasteiger partial charge in [0.05, 0.1) is 31.6 Å². The normalized spacial score (nSPS) is 14.0. The van der Waals surface area contributed by atoms with Crippen LogP contribution in [0.1, 0.15) is 17.3 Å². The largest absolute Gasteiger partial charge is 0.490 e. The Hall–Kier alpha value is -3.40. The molecule has 0 aliphatic carbocycles. The van der Waals surface area contributed by atoms with E-state index in [9.17, 15) is 4.79 Å². The number of carbonyl (C=O) groups excluding carboxylic acids is 1. The van der Waals surface area contributed by atoms with Gasteiger partial charge in [-0.2, -0.15) is 5.10 Å². The van der Waals surface area contributed by atoms with E-state index in [0.717, 1.165) is 49.7 Å². The van der Waals surface area contributed by atoms with Gasteiger partial charge < -0.3 is 23.7 Å². The summed E-state index contributed by atoms with van der Waals surface area (Å²) < 4.78 is 29.3. The van der Waals surface area contributed by atoms with Crippen LogP contribution in [-0.2, 0) is 14.2 Å². The number of rotatable bonds is 11. The molecule has 0 spiro atoms. The Kier molecular flexibility index (Phi) is 8.72. The zero-order chi connectivity index (χ0) is 24.5. The summed E-state index contributed by atoms with van der Waals surface area (Å²) in [5.41, 5.74) is 2.96. The lowest BCUT2D eigenvalue weighted by Crippen LogP contribution is -2.38. The summed E-state index contributed by atoms with van der Waals surface area (Å²) in [5, 5.41) is 4.38. The fraction of sp³-hybridized carbons (Fsp3) is 0.385. The summed E-state index contributed by atoms with van der Waals surface area (Å²) in [6.45, 7) is 6.78. The lowest BCUT2D eigenvalue weighted by molar-refractivity contribution is 0.0322. The number of benzene rings is 2. The highest BCUT2D eigenvalue weighted by Crippen LogP contribution is 2.35. The van der Waals surface area contributed by atoms with Gasteiger partial charge in [-0.15, -0.1) is 0 Å². The van der Waals surface area contributed by atoms with Crippen molar-refractivity contribution in [2.24, 2.45) is 0 Å². The fourth-order valence-electron chi connectivity index (χ4n) is 3.82. The highest BCUT2D eigenvalue weighted by atomic mass is 16.7. The molecule has 0 saturated carbocycles. The Labute approximate surface area is 205 Å². The molecule has 0 radical (unpaired) electrons. The maximum atomic E-state index is 12.1. The topological polar surface area (TPSA) is 84.3 Å². The molecule has 1 aromatic heterocycles. The zero-order valence-corrected chi connectivity index (χ0v) is 20.1. The van der Waals surface area contributed by atoms with Gasteiger partial charge in [0, 0.05) is 38.5 Å². The first-order valence-electron chi connectivity index (χ1n) is 11.7. The number of esters is 1. The molecule has 0 unspecified atom stereocenters. The molecule has 4 rings (SSSR count). The number of aromatic nitrogens is 2. The molecule has 186 valence electrons. The molecule has 2 heterocycles. The van der Waals surface area contributed by atoms with Gasteiger partial charge in [-0.05, 0) is 30.7 Å². The predicted molar refractivity (Wildman–Crippen MR) is 130 cm³/mol. The van der Waals surface area contributed by atoms with Crippen LogP contribution in [0.25, 0.3) is 16.8 Å². The third kappa shape index (κ3) is 6.39. The van der Waals surface area contributed by atoms with Crippen LogP contribution in [0.2, 0.25) is 0 Å². The van der Waals surface area contributed by atoms with Gasteiger partial charge in [-0.25, -0.2) is 9.48 Å². The van der Waals surface area contributed by atoms with E-state index in [2.05, 4.69) is 10.00 Å². The standard InChI is InChI=1S/C26H31N3O6/c1-3-33-26(30)21-17-27-29(18-21)23-9-8-20(22-6-4-5-7-24(22)35-19-31-2)16-25(23)34-15-12-28-10-13-32-14-11-28/h4-9,16-18H,3,10-15,19H2,1-2H3. The number of ether oxygens (including phenoxy) is 5. The minimum atomic E-state index is -0.408. The fourth-order valence-corrected chi connectivity index (χ4v) is 3.82. The lowest BCUT2D eigenvalue weighted by atomic mass is 10.0. The van der Waals surface area contributed by atoms with Crippen LogP contribution in [0.15, 0.2) is 54.9 Å². The Morgan fingerprint density at radius 3 is 2.71 bits per heavy atom. The average Bonchev–Trinajstić information content (AvgIpc) is 3.39. The van der Waals surface area contributed by atoms with Gasteiger partial charge >= 0.3 is 5.97 Å². The molecule has 1 aliphatic heterocycles. The Balaban J connectivity index is 1.62. The number of methoxy groups -OCH3 is 1. The van der Waals surface area contributed by atoms with Crippen LogP contribution < -0.4 is 9.47 Å². The van der Waals surface area contributed by atoms with Crippen molar-refractivity contribution in [2.75, 3.05) is 60.0 Å². The third-order valence-corrected chi connectivity index (χ3v) is 5.60. The zero-order valence-electron chi connectivity index (χ0n) is 20.1. The molecule has 35 heavy (non-hydrogen) atoms. The molecule has 0 amide bonds. The van der Waals surface area contributed by atoms with Crippen molar-refractivity contribution in [1.29, 1.82) is 0 Å². The van der Waals surface area contributed by atoms with Gasteiger partial charge in [0.25, 0.3) is 0 Å². The molecule has 9 heteroatoms. The second kappa shape index (κ2) is 12.3. The second-order valence-electron chi connectivity index (χ2n) is 7.93. The number of morpholine rings is 1. The predicted octanol–water partition coefficient (Wildman–Crippen LogP) is 3.41. The van der Waals surface area contributed by atoms with Crippen LogP contribution in [0.4, 0.5) is 0 Å². The minimum absolute atomic E-state index is 0.155. The van der Waals surface area contributed by atoms with E-state index in [-0.39, 0.29) is 6.79 Å². The van der Waals surface area contributed by atoms with Crippen LogP contribution in [-0.4, -0.2) is 80.6 Å². The van der Waals surface area contributed by atoms with Crippen LogP contribution in [0, 0.1) is 0 Å². The quantitative estimate of drug-likeness (QED) is 0.304. The van der Waals surface area contributed by atoms with Gasteiger partial charge in [0.2, 0.25) is 0 Å². The van der Waals surface area contributed by atoms with E-state index in [1.807, 2.05) is 42.5 Å². The van der Waals surface area contributed by atoms with Crippen molar-refractivity contribution in [3.63, 3.8) is 0 Å². The van der Waals surface area contributed by atoms with Crippen LogP contribution in [0.5, 0.6) is 11.5 Å². The van der Waals surface area contributed by atoms with Gasteiger partial charge in [-0.1, -0.05) is 24.3 Å².